The van der Waals surface area contributed by atoms with Crippen LogP contribution < -0.4 is 5.73 Å². The molecule has 0 unspecified atom stereocenters. The van der Waals surface area contributed by atoms with Crippen LogP contribution in [-0.4, -0.2) is 39.7 Å². The van der Waals surface area contributed by atoms with Gasteiger partial charge < -0.3 is 10.6 Å². The largest absolute Gasteiger partial charge is 0.336 e. The molecule has 0 radical (unpaired) electrons. The van der Waals surface area contributed by atoms with Gasteiger partial charge in [0, 0.05) is 44.2 Å². The Morgan fingerprint density at radius 1 is 1.12 bits per heavy atom. The summed E-state index contributed by atoms with van der Waals surface area (Å²) in [6.45, 7) is 1.29. The van der Waals surface area contributed by atoms with Gasteiger partial charge >= 0.3 is 0 Å². The van der Waals surface area contributed by atoms with Crippen LogP contribution in [0.1, 0.15) is 65.6 Å². The van der Waals surface area contributed by atoms with Crippen LogP contribution in [0, 0.1) is 0 Å². The summed E-state index contributed by atoms with van der Waals surface area (Å²) in [4.78, 5) is 15.2. The molecule has 1 aliphatic carbocycles. The molecule has 5 nitrogen and oxygen atoms in total. The van der Waals surface area contributed by atoms with E-state index in [4.69, 9.17) is 5.73 Å². The highest BCUT2D eigenvalue weighted by molar-refractivity contribution is 5.95. The summed E-state index contributed by atoms with van der Waals surface area (Å²) in [6, 6.07) is 10.3. The number of carbonyl (C=O) groups is 1. The molecule has 1 saturated carbocycles. The summed E-state index contributed by atoms with van der Waals surface area (Å²) in [7, 11) is 1.91. The molecule has 2 aliphatic rings. The minimum Gasteiger partial charge on any atom is -0.336 e. The van der Waals surface area contributed by atoms with Crippen LogP contribution in [0.3, 0.4) is 0 Å². The van der Waals surface area contributed by atoms with Gasteiger partial charge in [-0.3, -0.25) is 9.48 Å². The monoisotopic (exact) mass is 352 g/mol. The molecule has 2 fully saturated rings. The minimum absolute atomic E-state index is 0.0175. The highest BCUT2D eigenvalue weighted by Crippen LogP contribution is 2.35. The van der Waals surface area contributed by atoms with Gasteiger partial charge in [-0.05, 0) is 18.4 Å². The highest BCUT2D eigenvalue weighted by Gasteiger charge is 2.36. The number of nitrogens with two attached hydrogens (primary N) is 1. The van der Waals surface area contributed by atoms with Gasteiger partial charge in [0.25, 0.3) is 5.91 Å². The zero-order valence-electron chi connectivity index (χ0n) is 15.5. The molecular formula is C21H28N4O. The molecule has 1 amide bonds. The van der Waals surface area contributed by atoms with Gasteiger partial charge in [-0.15, -0.1) is 0 Å². The van der Waals surface area contributed by atoms with Crippen molar-refractivity contribution in [3.05, 3.63) is 53.3 Å². The van der Waals surface area contributed by atoms with E-state index < -0.39 is 0 Å². The summed E-state index contributed by atoms with van der Waals surface area (Å²) in [6.07, 6.45) is 7.95. The van der Waals surface area contributed by atoms with E-state index in [9.17, 15) is 4.79 Å². The normalized spacial score (nSPS) is 24.2. The maximum absolute atomic E-state index is 13.3. The Bertz CT molecular complexity index is 764. The van der Waals surface area contributed by atoms with Gasteiger partial charge in [-0.25, -0.2) is 0 Å². The molecule has 2 atom stereocenters. The van der Waals surface area contributed by atoms with E-state index in [0.29, 0.717) is 19.0 Å². The molecule has 5 heteroatoms. The van der Waals surface area contributed by atoms with Crippen molar-refractivity contribution in [1.82, 2.24) is 14.7 Å². The van der Waals surface area contributed by atoms with Crippen molar-refractivity contribution in [2.24, 2.45) is 12.8 Å². The van der Waals surface area contributed by atoms with Crippen LogP contribution in [0.25, 0.3) is 0 Å². The second kappa shape index (κ2) is 7.23. The standard InChI is InChI=1S/C21H28N4O/c1-24-12-18(20(23-24)16-10-6-3-7-11-16)21(26)25-13-17(19(22)14-25)15-8-4-2-5-9-15/h2,4-5,8-9,12,16-17,19H,3,6-7,10-11,13-14,22H2,1H3/t17-,19+/m0/s1. The van der Waals surface area contributed by atoms with E-state index in [2.05, 4.69) is 17.2 Å². The Kier molecular flexibility index (Phi) is 4.81. The SMILES string of the molecule is Cn1cc(C(=O)N2C[C@@H](N)[C@H](c3ccccc3)C2)c(C2CCCCC2)n1. The third-order valence-corrected chi connectivity index (χ3v) is 5.96. The number of amides is 1. The van der Waals surface area contributed by atoms with Crippen molar-refractivity contribution >= 4 is 5.91 Å². The van der Waals surface area contributed by atoms with Crippen molar-refractivity contribution in [3.8, 4) is 0 Å². The van der Waals surface area contributed by atoms with Crippen LogP contribution in [0.4, 0.5) is 0 Å². The number of carbonyl (C=O) groups excluding carboxylic acids is 1. The lowest BCUT2D eigenvalue weighted by Gasteiger charge is -2.22. The Morgan fingerprint density at radius 3 is 2.58 bits per heavy atom. The average molecular weight is 352 g/mol. The van der Waals surface area contributed by atoms with Crippen molar-refractivity contribution < 1.29 is 4.79 Å². The van der Waals surface area contributed by atoms with Gasteiger partial charge in [0.05, 0.1) is 11.3 Å². The summed E-state index contributed by atoms with van der Waals surface area (Å²) in [5.74, 6) is 0.715. The van der Waals surface area contributed by atoms with Crippen LogP contribution in [0.5, 0.6) is 0 Å². The van der Waals surface area contributed by atoms with Crippen LogP contribution in [0.15, 0.2) is 36.5 Å². The number of rotatable bonds is 3. The Labute approximate surface area is 155 Å². The zero-order valence-corrected chi connectivity index (χ0v) is 15.5. The summed E-state index contributed by atoms with van der Waals surface area (Å²) < 4.78 is 1.79. The Morgan fingerprint density at radius 2 is 1.85 bits per heavy atom. The van der Waals surface area contributed by atoms with E-state index in [1.54, 1.807) is 4.68 Å². The summed E-state index contributed by atoms with van der Waals surface area (Å²) in [5, 5.41) is 4.66. The molecule has 2 heterocycles. The molecule has 1 aromatic heterocycles. The lowest BCUT2D eigenvalue weighted by molar-refractivity contribution is 0.0787. The Balaban J connectivity index is 1.55. The van der Waals surface area contributed by atoms with E-state index in [1.807, 2.05) is 36.3 Å². The lowest BCUT2D eigenvalue weighted by atomic mass is 9.85. The van der Waals surface area contributed by atoms with Crippen LogP contribution in [-0.2, 0) is 7.05 Å². The molecule has 1 saturated heterocycles. The first-order valence-electron chi connectivity index (χ1n) is 9.77. The molecule has 2 N–H and O–H groups in total. The first kappa shape index (κ1) is 17.3. The van der Waals surface area contributed by atoms with Gasteiger partial charge in [-0.1, -0.05) is 49.6 Å². The summed E-state index contributed by atoms with van der Waals surface area (Å²) >= 11 is 0. The number of hydrogen-bond acceptors (Lipinski definition) is 3. The fraction of sp³-hybridized carbons (Fsp3) is 0.524. The number of benzene rings is 1. The fourth-order valence-electron chi connectivity index (χ4n) is 4.57. The second-order valence-electron chi connectivity index (χ2n) is 7.83. The first-order valence-corrected chi connectivity index (χ1v) is 9.77. The number of hydrogen-bond donors (Lipinski definition) is 1. The molecule has 138 valence electrons. The van der Waals surface area contributed by atoms with Crippen molar-refractivity contribution in [1.29, 1.82) is 0 Å². The molecular weight excluding hydrogens is 324 g/mol. The number of likely N-dealkylation sites (tertiary alicyclic amines) is 1. The molecule has 1 aromatic carbocycles. The van der Waals surface area contributed by atoms with Crippen molar-refractivity contribution in [2.75, 3.05) is 13.1 Å². The zero-order chi connectivity index (χ0) is 18.1. The quantitative estimate of drug-likeness (QED) is 0.923. The van der Waals surface area contributed by atoms with Crippen LogP contribution in [0.2, 0.25) is 0 Å². The lowest BCUT2D eigenvalue weighted by Crippen LogP contribution is -2.32. The third-order valence-electron chi connectivity index (χ3n) is 5.96. The van der Waals surface area contributed by atoms with Gasteiger partial charge in [0.2, 0.25) is 0 Å². The van der Waals surface area contributed by atoms with Crippen LogP contribution >= 0.6 is 0 Å². The number of aryl methyl sites for hydroxylation is 1. The second-order valence-corrected chi connectivity index (χ2v) is 7.83. The van der Waals surface area contributed by atoms with Crippen molar-refractivity contribution in [2.45, 2.75) is 50.0 Å². The third kappa shape index (κ3) is 3.28. The number of nitrogens with zero attached hydrogens (tertiary/aromatic N) is 3. The topological polar surface area (TPSA) is 64.2 Å². The maximum atomic E-state index is 13.3. The molecule has 0 spiro atoms. The van der Waals surface area contributed by atoms with Gasteiger partial charge in [-0.2, -0.15) is 5.10 Å². The van der Waals surface area contributed by atoms with E-state index in [-0.39, 0.29) is 17.9 Å². The van der Waals surface area contributed by atoms with E-state index in [0.717, 1.165) is 24.1 Å². The van der Waals surface area contributed by atoms with Crippen molar-refractivity contribution in [3.63, 3.8) is 0 Å². The molecule has 0 bridgehead atoms. The Hall–Kier alpha value is -2.14. The first-order chi connectivity index (χ1) is 12.6. The highest BCUT2D eigenvalue weighted by atomic mass is 16.2. The molecule has 4 rings (SSSR count). The molecule has 2 aromatic rings. The predicted molar refractivity (Wildman–Crippen MR) is 102 cm³/mol. The fourth-order valence-corrected chi connectivity index (χ4v) is 4.57. The smallest absolute Gasteiger partial charge is 0.257 e. The predicted octanol–water partition coefficient (Wildman–Crippen LogP) is 3.03. The average Bonchev–Trinajstić information content (AvgIpc) is 3.25. The van der Waals surface area contributed by atoms with E-state index >= 15 is 0 Å². The molecule has 1 aliphatic heterocycles. The van der Waals surface area contributed by atoms with Gasteiger partial charge in [0.15, 0.2) is 0 Å². The summed E-state index contributed by atoms with van der Waals surface area (Å²) in [5.41, 5.74) is 9.38. The number of aromatic nitrogens is 2. The minimum atomic E-state index is -0.0175. The maximum Gasteiger partial charge on any atom is 0.257 e. The van der Waals surface area contributed by atoms with Gasteiger partial charge in [0.1, 0.15) is 0 Å². The molecule has 26 heavy (non-hydrogen) atoms. The van der Waals surface area contributed by atoms with E-state index in [1.165, 1.54) is 24.8 Å².